The molecular formula is C14H14Cl2N4O2. The molecule has 0 atom stereocenters. The lowest BCUT2D eigenvalue weighted by Crippen LogP contribution is -2.33. The number of halogens is 2. The van der Waals surface area contributed by atoms with Crippen molar-refractivity contribution in [3.8, 4) is 0 Å². The third-order valence-electron chi connectivity index (χ3n) is 3.99. The molecule has 6 nitrogen and oxygen atoms in total. The van der Waals surface area contributed by atoms with E-state index in [9.17, 15) is 10.1 Å². The highest BCUT2D eigenvalue weighted by atomic mass is 35.5. The molecule has 0 radical (unpaired) electrons. The Morgan fingerprint density at radius 2 is 1.91 bits per heavy atom. The minimum absolute atomic E-state index is 0.0916. The minimum atomic E-state index is -0.494. The molecule has 1 aliphatic heterocycles. The number of aromatic amines is 1. The topological polar surface area (TPSA) is 75.1 Å². The molecule has 1 fully saturated rings. The quantitative estimate of drug-likeness (QED) is 0.676. The molecule has 1 N–H and O–H groups in total. The van der Waals surface area contributed by atoms with E-state index in [2.05, 4.69) is 15.1 Å². The summed E-state index contributed by atoms with van der Waals surface area (Å²) in [5, 5.41) is 18.5. The van der Waals surface area contributed by atoms with Crippen molar-refractivity contribution in [1.82, 2.24) is 10.2 Å². The number of nitro benzene ring substituents is 1. The van der Waals surface area contributed by atoms with E-state index in [1.807, 2.05) is 6.07 Å². The van der Waals surface area contributed by atoms with Crippen LogP contribution >= 0.6 is 23.2 Å². The van der Waals surface area contributed by atoms with Crippen LogP contribution in [0.1, 0.15) is 24.5 Å². The van der Waals surface area contributed by atoms with Gasteiger partial charge in [-0.1, -0.05) is 23.2 Å². The number of hydrogen-bond acceptors (Lipinski definition) is 4. The maximum absolute atomic E-state index is 10.8. The summed E-state index contributed by atoms with van der Waals surface area (Å²) >= 11 is 12.4. The summed E-state index contributed by atoms with van der Waals surface area (Å²) in [6, 6.07) is 4.69. The van der Waals surface area contributed by atoms with Crippen LogP contribution in [0.2, 0.25) is 10.0 Å². The van der Waals surface area contributed by atoms with Crippen LogP contribution in [-0.4, -0.2) is 28.2 Å². The summed E-state index contributed by atoms with van der Waals surface area (Å²) in [5.74, 6) is 0.439. The summed E-state index contributed by atoms with van der Waals surface area (Å²) in [6.45, 7) is 1.59. The highest BCUT2D eigenvalue weighted by Crippen LogP contribution is 2.40. The fourth-order valence-electron chi connectivity index (χ4n) is 2.87. The molecular weight excluding hydrogens is 327 g/mol. The summed E-state index contributed by atoms with van der Waals surface area (Å²) < 4.78 is 0. The molecule has 0 unspecified atom stereocenters. The predicted molar refractivity (Wildman–Crippen MR) is 85.9 cm³/mol. The van der Waals surface area contributed by atoms with Gasteiger partial charge in [0.2, 0.25) is 0 Å². The number of hydrogen-bond donors (Lipinski definition) is 1. The lowest BCUT2D eigenvalue weighted by molar-refractivity contribution is -0.384. The third kappa shape index (κ3) is 2.89. The molecule has 2 aromatic rings. The van der Waals surface area contributed by atoms with Crippen molar-refractivity contribution in [3.63, 3.8) is 0 Å². The van der Waals surface area contributed by atoms with E-state index in [1.165, 1.54) is 12.1 Å². The zero-order chi connectivity index (χ0) is 15.7. The zero-order valence-electron chi connectivity index (χ0n) is 11.6. The van der Waals surface area contributed by atoms with Crippen LogP contribution < -0.4 is 4.90 Å². The molecule has 0 saturated carbocycles. The van der Waals surface area contributed by atoms with Crippen molar-refractivity contribution in [3.05, 3.63) is 50.2 Å². The van der Waals surface area contributed by atoms with Gasteiger partial charge >= 0.3 is 0 Å². The van der Waals surface area contributed by atoms with Crippen LogP contribution in [0.25, 0.3) is 0 Å². The van der Waals surface area contributed by atoms with Gasteiger partial charge in [-0.05, 0) is 18.9 Å². The van der Waals surface area contributed by atoms with Crippen molar-refractivity contribution in [2.45, 2.75) is 18.8 Å². The maximum atomic E-state index is 10.8. The first-order valence-corrected chi connectivity index (χ1v) is 7.69. The SMILES string of the molecule is O=[N+]([O-])c1cc(Cl)c(N2CCC(c3ccn[nH]3)CC2)c(Cl)c1. The molecule has 116 valence electrons. The average Bonchev–Trinajstić information content (AvgIpc) is 3.01. The Balaban J connectivity index is 1.77. The van der Waals surface area contributed by atoms with Crippen molar-refractivity contribution >= 4 is 34.6 Å². The summed E-state index contributed by atoms with van der Waals surface area (Å²) in [7, 11) is 0. The van der Waals surface area contributed by atoms with Gasteiger partial charge in [0.05, 0.1) is 20.7 Å². The van der Waals surface area contributed by atoms with Crippen molar-refractivity contribution in [2.75, 3.05) is 18.0 Å². The van der Waals surface area contributed by atoms with Crippen molar-refractivity contribution in [1.29, 1.82) is 0 Å². The van der Waals surface area contributed by atoms with Crippen LogP contribution in [0.3, 0.4) is 0 Å². The number of anilines is 1. The van der Waals surface area contributed by atoms with E-state index in [4.69, 9.17) is 23.2 Å². The van der Waals surface area contributed by atoms with Gasteiger partial charge in [-0.25, -0.2) is 0 Å². The van der Waals surface area contributed by atoms with Gasteiger partial charge in [0.1, 0.15) is 0 Å². The Morgan fingerprint density at radius 1 is 1.27 bits per heavy atom. The summed E-state index contributed by atoms with van der Waals surface area (Å²) in [5.41, 5.74) is 1.73. The second-order valence-electron chi connectivity index (χ2n) is 5.29. The molecule has 1 aromatic heterocycles. The number of nitrogens with one attached hydrogen (secondary N) is 1. The number of nitrogens with zero attached hydrogens (tertiary/aromatic N) is 3. The van der Waals surface area contributed by atoms with Crippen LogP contribution in [-0.2, 0) is 0 Å². The maximum Gasteiger partial charge on any atom is 0.272 e. The molecule has 0 amide bonds. The molecule has 22 heavy (non-hydrogen) atoms. The van der Waals surface area contributed by atoms with Gasteiger partial charge in [-0.3, -0.25) is 15.2 Å². The average molecular weight is 341 g/mol. The van der Waals surface area contributed by atoms with E-state index >= 15 is 0 Å². The molecule has 0 aliphatic carbocycles. The number of aromatic nitrogens is 2. The molecule has 8 heteroatoms. The van der Waals surface area contributed by atoms with Crippen molar-refractivity contribution in [2.24, 2.45) is 0 Å². The molecule has 0 bridgehead atoms. The monoisotopic (exact) mass is 340 g/mol. The Kier molecular flexibility index (Phi) is 4.22. The number of nitro groups is 1. The lowest BCUT2D eigenvalue weighted by atomic mass is 9.93. The fraction of sp³-hybridized carbons (Fsp3) is 0.357. The van der Waals surface area contributed by atoms with E-state index in [0.29, 0.717) is 21.7 Å². The zero-order valence-corrected chi connectivity index (χ0v) is 13.1. The molecule has 2 heterocycles. The number of rotatable bonds is 3. The van der Waals surface area contributed by atoms with Gasteiger partial charge in [0.15, 0.2) is 0 Å². The van der Waals surface area contributed by atoms with Crippen LogP contribution in [0.4, 0.5) is 11.4 Å². The van der Waals surface area contributed by atoms with Crippen LogP contribution in [0, 0.1) is 10.1 Å². The van der Waals surface area contributed by atoms with Gasteiger partial charge in [0.25, 0.3) is 5.69 Å². The summed E-state index contributed by atoms with van der Waals surface area (Å²) in [6.07, 6.45) is 3.66. The van der Waals surface area contributed by atoms with E-state index in [0.717, 1.165) is 31.6 Å². The Bertz CT molecular complexity index is 659. The number of H-pyrrole nitrogens is 1. The highest BCUT2D eigenvalue weighted by molar-refractivity contribution is 6.39. The van der Waals surface area contributed by atoms with Gasteiger partial charge in [-0.15, -0.1) is 0 Å². The van der Waals surface area contributed by atoms with Crippen LogP contribution in [0.15, 0.2) is 24.4 Å². The smallest absolute Gasteiger partial charge is 0.272 e. The van der Waals surface area contributed by atoms with E-state index in [-0.39, 0.29) is 5.69 Å². The Hall–Kier alpha value is -1.79. The molecule has 1 aliphatic rings. The third-order valence-corrected chi connectivity index (χ3v) is 4.56. The number of piperidine rings is 1. The second kappa shape index (κ2) is 6.14. The van der Waals surface area contributed by atoms with Gasteiger partial charge < -0.3 is 4.90 Å². The van der Waals surface area contributed by atoms with Gasteiger partial charge in [0, 0.05) is 43.0 Å². The largest absolute Gasteiger partial charge is 0.369 e. The summed E-state index contributed by atoms with van der Waals surface area (Å²) in [4.78, 5) is 12.4. The van der Waals surface area contributed by atoms with Crippen LogP contribution in [0.5, 0.6) is 0 Å². The minimum Gasteiger partial charge on any atom is -0.369 e. The molecule has 1 aromatic carbocycles. The number of benzene rings is 1. The predicted octanol–water partition coefficient (Wildman–Crippen LogP) is 4.01. The van der Waals surface area contributed by atoms with E-state index < -0.39 is 4.92 Å². The van der Waals surface area contributed by atoms with Crippen molar-refractivity contribution < 1.29 is 4.92 Å². The lowest BCUT2D eigenvalue weighted by Gasteiger charge is -2.34. The standard InChI is InChI=1S/C14H14Cl2N4O2/c15-11-7-10(20(21)22)8-12(16)14(11)19-5-2-9(3-6-19)13-1-4-17-18-13/h1,4,7-9H,2-3,5-6H2,(H,17,18). The first-order chi connectivity index (χ1) is 10.6. The fourth-order valence-corrected chi connectivity index (χ4v) is 3.58. The Morgan fingerprint density at radius 3 is 2.41 bits per heavy atom. The molecule has 1 saturated heterocycles. The first-order valence-electron chi connectivity index (χ1n) is 6.94. The Labute approximate surface area is 137 Å². The first kappa shape index (κ1) is 15.1. The van der Waals surface area contributed by atoms with E-state index in [1.54, 1.807) is 6.20 Å². The second-order valence-corrected chi connectivity index (χ2v) is 6.10. The van der Waals surface area contributed by atoms with Gasteiger partial charge in [-0.2, -0.15) is 5.10 Å². The molecule has 3 rings (SSSR count). The highest BCUT2D eigenvalue weighted by Gasteiger charge is 2.25. The number of non-ortho nitro benzene ring substituents is 1. The molecule has 0 spiro atoms. The normalized spacial score (nSPS) is 16.0.